The van der Waals surface area contributed by atoms with Gasteiger partial charge in [-0.3, -0.25) is 14.9 Å². The summed E-state index contributed by atoms with van der Waals surface area (Å²) >= 11 is 6.18. The third-order valence-corrected chi connectivity index (χ3v) is 6.05. The average molecular weight is 430 g/mol. The summed E-state index contributed by atoms with van der Waals surface area (Å²) in [4.78, 5) is 27.7. The van der Waals surface area contributed by atoms with Gasteiger partial charge in [0.05, 0.1) is 9.95 Å². The molecule has 0 aromatic heterocycles. The van der Waals surface area contributed by atoms with Crippen molar-refractivity contribution in [2.24, 2.45) is 0 Å². The first-order chi connectivity index (χ1) is 14.5. The maximum Gasteiger partial charge on any atom is 0.282 e. The minimum Gasteiger partial charge on any atom is -0.489 e. The van der Waals surface area contributed by atoms with Gasteiger partial charge in [-0.2, -0.15) is 0 Å². The van der Waals surface area contributed by atoms with Crippen molar-refractivity contribution < 1.29 is 14.5 Å². The van der Waals surface area contributed by atoms with Crippen molar-refractivity contribution in [1.29, 1.82) is 0 Å². The van der Waals surface area contributed by atoms with Gasteiger partial charge < -0.3 is 14.5 Å². The van der Waals surface area contributed by atoms with Gasteiger partial charge in [0, 0.05) is 50.8 Å². The van der Waals surface area contributed by atoms with E-state index in [0.717, 1.165) is 44.5 Å². The van der Waals surface area contributed by atoms with Crippen molar-refractivity contribution in [2.75, 3.05) is 31.1 Å². The number of likely N-dealkylation sites (tertiary alicyclic amines) is 1. The topological polar surface area (TPSA) is 75.9 Å². The summed E-state index contributed by atoms with van der Waals surface area (Å²) in [5.41, 5.74) is 0.876. The number of rotatable bonds is 5. The monoisotopic (exact) mass is 429 g/mol. The van der Waals surface area contributed by atoms with Gasteiger partial charge in [-0.1, -0.05) is 23.7 Å². The number of nitrogens with zero attached hydrogens (tertiary/aromatic N) is 3. The lowest BCUT2D eigenvalue weighted by Crippen LogP contribution is -2.38. The molecule has 2 fully saturated rings. The Morgan fingerprint density at radius 1 is 1.07 bits per heavy atom. The summed E-state index contributed by atoms with van der Waals surface area (Å²) in [7, 11) is 0. The smallest absolute Gasteiger partial charge is 0.282 e. The maximum absolute atomic E-state index is 12.9. The highest BCUT2D eigenvalue weighted by Crippen LogP contribution is 2.31. The molecule has 0 bridgehead atoms. The molecule has 7 nitrogen and oxygen atoms in total. The Morgan fingerprint density at radius 2 is 1.77 bits per heavy atom. The molecule has 4 rings (SSSR count). The van der Waals surface area contributed by atoms with Crippen molar-refractivity contribution >= 4 is 28.9 Å². The number of para-hydroxylation sites is 1. The van der Waals surface area contributed by atoms with Crippen molar-refractivity contribution in [3.63, 3.8) is 0 Å². The number of piperidine rings is 1. The second kappa shape index (κ2) is 8.92. The molecule has 2 heterocycles. The van der Waals surface area contributed by atoms with Gasteiger partial charge in [0.15, 0.2) is 0 Å². The molecule has 2 aromatic carbocycles. The highest BCUT2D eigenvalue weighted by molar-refractivity contribution is 6.32. The third-order valence-electron chi connectivity index (χ3n) is 5.74. The Bertz CT molecular complexity index is 938. The maximum atomic E-state index is 12.9. The number of carbonyl (C=O) groups excluding carboxylic acids is 1. The molecule has 1 amide bonds. The fourth-order valence-electron chi connectivity index (χ4n) is 4.09. The molecule has 0 radical (unpaired) electrons. The third kappa shape index (κ3) is 4.36. The Balaban J connectivity index is 1.47. The van der Waals surface area contributed by atoms with E-state index >= 15 is 0 Å². The summed E-state index contributed by atoms with van der Waals surface area (Å²) in [5.74, 6) is 0.435. The molecule has 0 saturated carbocycles. The van der Waals surface area contributed by atoms with E-state index in [4.69, 9.17) is 16.3 Å². The SMILES string of the molecule is O=C(c1cc(N2CCC(Oc3ccccc3Cl)CC2)ccc1[N+](=O)[O-])N1CCCC1. The molecule has 0 N–H and O–H groups in total. The number of nitro groups is 1. The number of nitro benzene ring substituents is 1. The van der Waals surface area contributed by atoms with Crippen LogP contribution in [0.5, 0.6) is 5.75 Å². The number of carbonyl (C=O) groups is 1. The Kier molecular flexibility index (Phi) is 6.08. The lowest BCUT2D eigenvalue weighted by molar-refractivity contribution is -0.385. The van der Waals surface area contributed by atoms with Crippen LogP contribution in [0.15, 0.2) is 42.5 Å². The molecule has 158 valence electrons. The fraction of sp³-hybridized carbons (Fsp3) is 0.409. The first kappa shape index (κ1) is 20.5. The number of hydrogen-bond acceptors (Lipinski definition) is 5. The van der Waals surface area contributed by atoms with Crippen LogP contribution in [0.4, 0.5) is 11.4 Å². The standard InChI is InChI=1S/C22H24ClN3O4/c23-19-5-1-2-6-21(19)30-17-9-13-24(14-10-17)16-7-8-20(26(28)29)18(15-16)22(27)25-11-3-4-12-25/h1-2,5-8,15,17H,3-4,9-14H2. The van der Waals surface area contributed by atoms with Gasteiger partial charge in [0.1, 0.15) is 17.4 Å². The Labute approximate surface area is 180 Å². The van der Waals surface area contributed by atoms with Crippen LogP contribution in [0.25, 0.3) is 0 Å². The molecular formula is C22H24ClN3O4. The minimum absolute atomic E-state index is 0.0601. The lowest BCUT2D eigenvalue weighted by atomic mass is 10.0. The molecule has 2 saturated heterocycles. The Morgan fingerprint density at radius 3 is 2.43 bits per heavy atom. The zero-order valence-electron chi connectivity index (χ0n) is 16.6. The molecular weight excluding hydrogens is 406 g/mol. The molecule has 2 aliphatic heterocycles. The van der Waals surface area contributed by atoms with Crippen LogP contribution in [0.3, 0.4) is 0 Å². The van der Waals surface area contributed by atoms with Crippen LogP contribution in [-0.4, -0.2) is 48.0 Å². The van der Waals surface area contributed by atoms with Crippen LogP contribution in [-0.2, 0) is 0 Å². The second-order valence-corrected chi connectivity index (χ2v) is 8.10. The first-order valence-corrected chi connectivity index (χ1v) is 10.6. The normalized spacial score (nSPS) is 17.2. The van der Waals surface area contributed by atoms with Crippen LogP contribution in [0.1, 0.15) is 36.0 Å². The van der Waals surface area contributed by atoms with Crippen molar-refractivity contribution in [3.8, 4) is 5.75 Å². The largest absolute Gasteiger partial charge is 0.489 e. The Hall–Kier alpha value is -2.80. The minimum atomic E-state index is -0.475. The molecule has 0 atom stereocenters. The van der Waals surface area contributed by atoms with Gasteiger partial charge in [0.25, 0.3) is 11.6 Å². The zero-order chi connectivity index (χ0) is 21.1. The zero-order valence-corrected chi connectivity index (χ0v) is 17.4. The molecule has 0 aliphatic carbocycles. The van der Waals surface area contributed by atoms with Gasteiger partial charge in [-0.05, 0) is 37.1 Å². The van der Waals surface area contributed by atoms with E-state index in [-0.39, 0.29) is 23.3 Å². The first-order valence-electron chi connectivity index (χ1n) is 10.3. The van der Waals surface area contributed by atoms with Gasteiger partial charge >= 0.3 is 0 Å². The number of ether oxygens (including phenoxy) is 1. The molecule has 8 heteroatoms. The number of anilines is 1. The number of benzene rings is 2. The average Bonchev–Trinajstić information content (AvgIpc) is 3.30. The van der Waals surface area contributed by atoms with Crippen LogP contribution in [0, 0.1) is 10.1 Å². The number of halogens is 1. The highest BCUT2D eigenvalue weighted by atomic mass is 35.5. The van der Waals surface area contributed by atoms with Gasteiger partial charge in [0.2, 0.25) is 0 Å². The van der Waals surface area contributed by atoms with E-state index in [2.05, 4.69) is 4.90 Å². The second-order valence-electron chi connectivity index (χ2n) is 7.69. The van der Waals surface area contributed by atoms with E-state index < -0.39 is 4.92 Å². The summed E-state index contributed by atoms with van der Waals surface area (Å²) in [5, 5.41) is 12.1. The molecule has 30 heavy (non-hydrogen) atoms. The van der Waals surface area contributed by atoms with Crippen LogP contribution < -0.4 is 9.64 Å². The van der Waals surface area contributed by atoms with E-state index in [1.165, 1.54) is 6.07 Å². The van der Waals surface area contributed by atoms with Crippen LogP contribution in [0.2, 0.25) is 5.02 Å². The van der Waals surface area contributed by atoms with Crippen molar-refractivity contribution in [1.82, 2.24) is 4.90 Å². The molecule has 2 aromatic rings. The fourth-order valence-corrected chi connectivity index (χ4v) is 4.27. The predicted molar refractivity (Wildman–Crippen MR) is 116 cm³/mol. The van der Waals surface area contributed by atoms with E-state index in [9.17, 15) is 14.9 Å². The molecule has 0 unspecified atom stereocenters. The molecule has 0 spiro atoms. The summed E-state index contributed by atoms with van der Waals surface area (Å²) in [6, 6.07) is 12.3. The quantitative estimate of drug-likeness (QED) is 0.515. The number of hydrogen-bond donors (Lipinski definition) is 0. The summed E-state index contributed by atoms with van der Waals surface area (Å²) < 4.78 is 6.04. The van der Waals surface area contributed by atoms with Gasteiger partial charge in [-0.25, -0.2) is 0 Å². The van der Waals surface area contributed by atoms with E-state index in [1.807, 2.05) is 24.3 Å². The van der Waals surface area contributed by atoms with Crippen LogP contribution >= 0.6 is 11.6 Å². The summed E-state index contributed by atoms with van der Waals surface area (Å²) in [6.45, 7) is 2.80. The highest BCUT2D eigenvalue weighted by Gasteiger charge is 2.29. The predicted octanol–water partition coefficient (Wildman–Crippen LogP) is 4.53. The van der Waals surface area contributed by atoms with Crippen molar-refractivity contribution in [2.45, 2.75) is 31.8 Å². The number of amides is 1. The van der Waals surface area contributed by atoms with Gasteiger partial charge in [-0.15, -0.1) is 0 Å². The van der Waals surface area contributed by atoms with E-state index in [1.54, 1.807) is 17.0 Å². The van der Waals surface area contributed by atoms with Crippen molar-refractivity contribution in [3.05, 3.63) is 63.2 Å². The van der Waals surface area contributed by atoms with E-state index in [0.29, 0.717) is 23.9 Å². The lowest BCUT2D eigenvalue weighted by Gasteiger charge is -2.34. The summed E-state index contributed by atoms with van der Waals surface area (Å²) in [6.07, 6.45) is 3.55. The molecule has 2 aliphatic rings.